The molecule has 12 heteroatoms. The monoisotopic (exact) mass is 728 g/mol. The van der Waals surface area contributed by atoms with Crippen molar-refractivity contribution >= 4 is 30.3 Å². The second-order valence-electron chi connectivity index (χ2n) is 13.8. The van der Waals surface area contributed by atoms with Gasteiger partial charge in [-0.1, -0.05) is 54.9 Å². The summed E-state index contributed by atoms with van der Waals surface area (Å²) in [6.07, 6.45) is 4.95. The van der Waals surface area contributed by atoms with Gasteiger partial charge in [0.25, 0.3) is 17.5 Å². The second kappa shape index (κ2) is 16.2. The van der Waals surface area contributed by atoms with Crippen molar-refractivity contribution in [1.82, 2.24) is 19.6 Å². The van der Waals surface area contributed by atoms with Crippen LogP contribution in [0.4, 0.5) is 17.6 Å². The highest BCUT2D eigenvalue weighted by Crippen LogP contribution is 2.39. The summed E-state index contributed by atoms with van der Waals surface area (Å²) in [6.45, 7) is 5.45. The lowest BCUT2D eigenvalue weighted by Gasteiger charge is -2.47. The van der Waals surface area contributed by atoms with E-state index in [-0.39, 0.29) is 35.0 Å². The summed E-state index contributed by atoms with van der Waals surface area (Å²) in [6, 6.07) is 20.1. The van der Waals surface area contributed by atoms with E-state index < -0.39 is 23.0 Å². The number of piperazine rings is 1. The molecule has 268 valence electrons. The first-order chi connectivity index (χ1) is 24.0. The molecule has 3 saturated heterocycles. The van der Waals surface area contributed by atoms with Crippen molar-refractivity contribution in [1.29, 1.82) is 0 Å². The molecule has 6 rings (SSSR count). The van der Waals surface area contributed by atoms with Crippen LogP contribution >= 0.6 is 18.5 Å². The minimum Gasteiger partial charge on any atom is -0.339 e. The first-order valence-electron chi connectivity index (χ1n) is 17.6. The zero-order valence-electron chi connectivity index (χ0n) is 28.2. The first kappa shape index (κ1) is 36.9. The van der Waals surface area contributed by atoms with Gasteiger partial charge in [-0.25, -0.2) is 8.78 Å². The number of nitrogens with zero attached hydrogens (tertiary/aromatic N) is 4. The van der Waals surface area contributed by atoms with Gasteiger partial charge in [-0.15, -0.1) is 0 Å². The number of piperidine rings is 1. The van der Waals surface area contributed by atoms with Crippen molar-refractivity contribution in [3.8, 4) is 0 Å². The number of likely N-dealkylation sites (tertiary alicyclic amines) is 2. The smallest absolute Gasteiger partial charge is 0.283 e. The number of amides is 2. The Bertz CT molecular complexity index is 1630. The Hall–Kier alpha value is -2.90. The molecule has 6 unspecified atom stereocenters. The van der Waals surface area contributed by atoms with Crippen molar-refractivity contribution in [2.45, 2.75) is 68.2 Å². The zero-order chi connectivity index (χ0) is 35.4. The highest BCUT2D eigenvalue weighted by atomic mass is 31.0. The van der Waals surface area contributed by atoms with E-state index in [2.05, 4.69) is 9.80 Å². The molecule has 0 bridgehead atoms. The summed E-state index contributed by atoms with van der Waals surface area (Å²) >= 11 is 0. The van der Waals surface area contributed by atoms with Crippen molar-refractivity contribution < 1.29 is 27.2 Å². The molecule has 0 spiro atoms. The van der Waals surface area contributed by atoms with Crippen molar-refractivity contribution in [3.05, 3.63) is 106 Å². The van der Waals surface area contributed by atoms with Gasteiger partial charge in [0.05, 0.1) is 0 Å². The molecule has 0 aliphatic carbocycles. The number of rotatable bonds is 8. The second-order valence-corrected chi connectivity index (χ2v) is 15.2. The van der Waals surface area contributed by atoms with Crippen LogP contribution in [0.1, 0.15) is 75.4 Å². The van der Waals surface area contributed by atoms with E-state index in [1.807, 2.05) is 49.4 Å². The van der Waals surface area contributed by atoms with Gasteiger partial charge < -0.3 is 9.80 Å². The Morgan fingerprint density at radius 3 is 2.16 bits per heavy atom. The minimum atomic E-state index is -3.29. The SMILES string of the molecule is O=C(c1cccc(F)c1)N1CCCC(N2CCN(C3CCN(C(=O)c4cc(C(F)P)cc(C(F)(F)P)c4)C(Cc4ccccc4)C3)CC2)CC1. The molecule has 0 aromatic heterocycles. The summed E-state index contributed by atoms with van der Waals surface area (Å²) in [4.78, 5) is 35.8. The fourth-order valence-electron chi connectivity index (χ4n) is 7.92. The average molecular weight is 729 g/mol. The number of hydrogen-bond acceptors (Lipinski definition) is 4. The van der Waals surface area contributed by atoms with Gasteiger partial charge in [-0.2, -0.15) is 8.78 Å². The molecule has 6 nitrogen and oxygen atoms in total. The van der Waals surface area contributed by atoms with Gasteiger partial charge in [-0.05, 0) is 86.1 Å². The Morgan fingerprint density at radius 1 is 0.780 bits per heavy atom. The van der Waals surface area contributed by atoms with Crippen LogP contribution in [0.5, 0.6) is 0 Å². The van der Waals surface area contributed by atoms with E-state index >= 15 is 0 Å². The standard InChI is InChI=1S/C38H46F4N4O2P2/c39-31-9-4-8-27(24-31)36(47)45-13-5-10-32(11-14-45)43-16-18-44(19-17-43)33-12-15-46(34(25-33)20-26-6-2-1-3-7-26)37(48)29-21-28(35(40)49)22-30(23-29)38(41,42)50/h1-4,6-9,21-24,32-35H,5,10-20,25,49-50H2. The van der Waals surface area contributed by atoms with Gasteiger partial charge in [0.2, 0.25) is 0 Å². The van der Waals surface area contributed by atoms with E-state index in [1.54, 1.807) is 12.1 Å². The van der Waals surface area contributed by atoms with Crippen LogP contribution in [0.2, 0.25) is 0 Å². The maximum absolute atomic E-state index is 14.4. The lowest BCUT2D eigenvalue weighted by Crippen LogP contribution is -2.58. The van der Waals surface area contributed by atoms with Crippen molar-refractivity contribution in [2.75, 3.05) is 45.8 Å². The van der Waals surface area contributed by atoms with Gasteiger partial charge in [-0.3, -0.25) is 19.4 Å². The van der Waals surface area contributed by atoms with Crippen molar-refractivity contribution in [3.63, 3.8) is 0 Å². The largest absolute Gasteiger partial charge is 0.339 e. The molecular formula is C38H46F4N4O2P2. The molecule has 0 saturated carbocycles. The number of alkyl halides is 3. The third-order valence-electron chi connectivity index (χ3n) is 10.6. The predicted octanol–water partition coefficient (Wildman–Crippen LogP) is 7.12. The van der Waals surface area contributed by atoms with Crippen LogP contribution in [-0.4, -0.2) is 95.4 Å². The summed E-state index contributed by atoms with van der Waals surface area (Å²) in [5.74, 6) is -2.44. The summed E-state index contributed by atoms with van der Waals surface area (Å²) in [5, 5.41) is 0. The van der Waals surface area contributed by atoms with E-state index in [4.69, 9.17) is 0 Å². The van der Waals surface area contributed by atoms with Crippen LogP contribution in [0.3, 0.4) is 0 Å². The number of hydrogen-bond donors (Lipinski definition) is 0. The molecule has 3 aliphatic rings. The van der Waals surface area contributed by atoms with Crippen LogP contribution in [0.15, 0.2) is 72.8 Å². The minimum absolute atomic E-state index is 0.0323. The van der Waals surface area contributed by atoms with Crippen molar-refractivity contribution in [2.24, 2.45) is 0 Å². The normalized spacial score (nSPS) is 23.4. The Balaban J connectivity index is 1.10. The topological polar surface area (TPSA) is 47.1 Å². The quantitative estimate of drug-likeness (QED) is 0.183. The van der Waals surface area contributed by atoms with Crippen LogP contribution in [-0.2, 0) is 12.1 Å². The Morgan fingerprint density at radius 2 is 1.48 bits per heavy atom. The van der Waals surface area contributed by atoms with E-state index in [0.717, 1.165) is 69.9 Å². The maximum Gasteiger partial charge on any atom is 0.283 e. The molecule has 50 heavy (non-hydrogen) atoms. The number of halogens is 4. The lowest BCUT2D eigenvalue weighted by atomic mass is 9.90. The molecule has 3 aliphatic heterocycles. The fourth-order valence-corrected chi connectivity index (χ4v) is 8.28. The third-order valence-corrected chi connectivity index (χ3v) is 11.3. The molecule has 6 atom stereocenters. The summed E-state index contributed by atoms with van der Waals surface area (Å²) in [5.41, 5.74) is -2.10. The van der Waals surface area contributed by atoms with E-state index in [9.17, 15) is 27.2 Å². The molecule has 0 N–H and O–H groups in total. The molecule has 2 amide bonds. The highest BCUT2D eigenvalue weighted by molar-refractivity contribution is 7.17. The third kappa shape index (κ3) is 8.93. The number of carbonyl (C=O) groups excluding carboxylic acids is 2. The molecule has 3 aromatic rings. The predicted molar refractivity (Wildman–Crippen MR) is 195 cm³/mol. The number of carbonyl (C=O) groups is 2. The maximum atomic E-state index is 14.4. The van der Waals surface area contributed by atoms with Crippen LogP contribution < -0.4 is 0 Å². The highest BCUT2D eigenvalue weighted by Gasteiger charge is 2.37. The summed E-state index contributed by atoms with van der Waals surface area (Å²) in [7, 11) is 3.47. The molecule has 3 fully saturated rings. The first-order valence-corrected chi connectivity index (χ1v) is 18.8. The van der Waals surface area contributed by atoms with Gasteiger partial charge in [0.1, 0.15) is 11.7 Å². The Labute approximate surface area is 297 Å². The van der Waals surface area contributed by atoms with Crippen LogP contribution in [0, 0.1) is 5.82 Å². The van der Waals surface area contributed by atoms with Gasteiger partial charge in [0.15, 0.2) is 0 Å². The van der Waals surface area contributed by atoms with Gasteiger partial charge >= 0.3 is 0 Å². The lowest BCUT2D eigenvalue weighted by molar-refractivity contribution is 0.0200. The van der Waals surface area contributed by atoms with Gasteiger partial charge in [0, 0.05) is 80.6 Å². The van der Waals surface area contributed by atoms with Crippen LogP contribution in [0.25, 0.3) is 0 Å². The molecule has 3 heterocycles. The zero-order valence-corrected chi connectivity index (χ0v) is 30.5. The van der Waals surface area contributed by atoms with E-state index in [1.165, 1.54) is 33.5 Å². The number of benzene rings is 3. The van der Waals surface area contributed by atoms with E-state index in [0.29, 0.717) is 37.7 Å². The fraction of sp³-hybridized carbons (Fsp3) is 0.474. The Kier molecular flexibility index (Phi) is 11.9. The molecular weight excluding hydrogens is 682 g/mol. The average Bonchev–Trinajstić information content (AvgIpc) is 3.37. The molecule has 3 aromatic carbocycles. The molecule has 0 radical (unpaired) electrons. The summed E-state index contributed by atoms with van der Waals surface area (Å²) < 4.78 is 56.8.